The third-order valence-corrected chi connectivity index (χ3v) is 3.03. The molecule has 0 unspecified atom stereocenters. The van der Waals surface area contributed by atoms with E-state index in [2.05, 4.69) is 15.8 Å². The van der Waals surface area contributed by atoms with Crippen LogP contribution in [0.1, 0.15) is 19.4 Å². The van der Waals surface area contributed by atoms with Gasteiger partial charge in [0.1, 0.15) is 0 Å². The van der Waals surface area contributed by atoms with E-state index in [0.717, 1.165) is 11.3 Å². The first-order chi connectivity index (χ1) is 11.0. The number of carbonyl (C=O) groups is 1. The SMILES string of the molecule is CC(=O)Nc1cccc(/C(C)=N\Nc2ccc([N+](=O)[O-])cc2)c1. The zero-order valence-corrected chi connectivity index (χ0v) is 12.7. The Hall–Kier alpha value is -3.22. The summed E-state index contributed by atoms with van der Waals surface area (Å²) in [6.07, 6.45) is 0. The van der Waals surface area contributed by atoms with Gasteiger partial charge >= 0.3 is 0 Å². The average Bonchev–Trinajstić information content (AvgIpc) is 2.52. The van der Waals surface area contributed by atoms with Gasteiger partial charge in [-0.1, -0.05) is 12.1 Å². The molecule has 0 spiro atoms. The number of hydrogen-bond donors (Lipinski definition) is 2. The van der Waals surface area contributed by atoms with Crippen molar-refractivity contribution in [3.8, 4) is 0 Å². The zero-order chi connectivity index (χ0) is 16.8. The van der Waals surface area contributed by atoms with Gasteiger partial charge < -0.3 is 5.32 Å². The van der Waals surface area contributed by atoms with E-state index in [4.69, 9.17) is 0 Å². The van der Waals surface area contributed by atoms with Gasteiger partial charge in [0, 0.05) is 24.7 Å². The second kappa shape index (κ2) is 7.17. The first-order valence-electron chi connectivity index (χ1n) is 6.88. The van der Waals surface area contributed by atoms with Gasteiger partial charge in [0.05, 0.1) is 16.3 Å². The van der Waals surface area contributed by atoms with Crippen LogP contribution in [0.2, 0.25) is 0 Å². The Morgan fingerprint density at radius 1 is 1.09 bits per heavy atom. The predicted molar refractivity (Wildman–Crippen MR) is 89.7 cm³/mol. The number of carbonyl (C=O) groups excluding carboxylic acids is 1. The summed E-state index contributed by atoms with van der Waals surface area (Å²) in [6, 6.07) is 13.3. The molecule has 2 rings (SSSR count). The molecule has 0 aliphatic heterocycles. The first kappa shape index (κ1) is 16.2. The second-order valence-corrected chi connectivity index (χ2v) is 4.87. The molecule has 0 radical (unpaired) electrons. The molecule has 2 N–H and O–H groups in total. The van der Waals surface area contributed by atoms with E-state index in [9.17, 15) is 14.9 Å². The van der Waals surface area contributed by atoms with Crippen molar-refractivity contribution >= 4 is 28.7 Å². The van der Waals surface area contributed by atoms with Crippen molar-refractivity contribution in [1.29, 1.82) is 0 Å². The number of nitro groups is 1. The van der Waals surface area contributed by atoms with Crippen LogP contribution in [0.4, 0.5) is 17.1 Å². The molecule has 0 atom stereocenters. The Labute approximate surface area is 133 Å². The van der Waals surface area contributed by atoms with Gasteiger partial charge in [0.2, 0.25) is 5.91 Å². The molecule has 7 nitrogen and oxygen atoms in total. The Morgan fingerprint density at radius 2 is 1.78 bits per heavy atom. The molecule has 2 aromatic rings. The molecule has 0 aliphatic rings. The number of hydrogen-bond acceptors (Lipinski definition) is 5. The van der Waals surface area contributed by atoms with Gasteiger partial charge in [-0.25, -0.2) is 0 Å². The van der Waals surface area contributed by atoms with E-state index < -0.39 is 4.92 Å². The van der Waals surface area contributed by atoms with Crippen LogP contribution in [0.3, 0.4) is 0 Å². The number of rotatable bonds is 5. The minimum atomic E-state index is -0.453. The maximum atomic E-state index is 11.1. The van der Waals surface area contributed by atoms with Crippen molar-refractivity contribution in [2.45, 2.75) is 13.8 Å². The monoisotopic (exact) mass is 312 g/mol. The summed E-state index contributed by atoms with van der Waals surface area (Å²) in [5, 5.41) is 17.6. The highest BCUT2D eigenvalue weighted by Gasteiger charge is 2.04. The van der Waals surface area contributed by atoms with Gasteiger partial charge in [0.25, 0.3) is 5.69 Å². The van der Waals surface area contributed by atoms with Gasteiger partial charge in [0.15, 0.2) is 0 Å². The normalized spacial score (nSPS) is 11.0. The molecule has 7 heteroatoms. The summed E-state index contributed by atoms with van der Waals surface area (Å²) >= 11 is 0. The maximum absolute atomic E-state index is 11.1. The van der Waals surface area contributed by atoms with E-state index in [1.807, 2.05) is 25.1 Å². The largest absolute Gasteiger partial charge is 0.326 e. The fourth-order valence-corrected chi connectivity index (χ4v) is 1.90. The zero-order valence-electron chi connectivity index (χ0n) is 12.7. The Kier molecular flexibility index (Phi) is 5.03. The van der Waals surface area contributed by atoms with E-state index in [0.29, 0.717) is 11.4 Å². The van der Waals surface area contributed by atoms with Crippen molar-refractivity contribution in [1.82, 2.24) is 0 Å². The van der Waals surface area contributed by atoms with Crippen molar-refractivity contribution in [2.24, 2.45) is 5.10 Å². The van der Waals surface area contributed by atoms with Crippen LogP contribution in [-0.2, 0) is 4.79 Å². The summed E-state index contributed by atoms with van der Waals surface area (Å²) < 4.78 is 0. The van der Waals surface area contributed by atoms with Crippen LogP contribution in [0.5, 0.6) is 0 Å². The number of nitro benzene ring substituents is 1. The van der Waals surface area contributed by atoms with Gasteiger partial charge in [-0.2, -0.15) is 5.10 Å². The fraction of sp³-hybridized carbons (Fsp3) is 0.125. The number of nitrogens with one attached hydrogen (secondary N) is 2. The molecular formula is C16H16N4O3. The maximum Gasteiger partial charge on any atom is 0.269 e. The van der Waals surface area contributed by atoms with Gasteiger partial charge in [-0.3, -0.25) is 20.3 Å². The van der Waals surface area contributed by atoms with Crippen molar-refractivity contribution < 1.29 is 9.72 Å². The number of benzene rings is 2. The van der Waals surface area contributed by atoms with Crippen LogP contribution in [0, 0.1) is 10.1 Å². The quantitative estimate of drug-likeness (QED) is 0.502. The molecule has 23 heavy (non-hydrogen) atoms. The number of hydrazone groups is 1. The van der Waals surface area contributed by atoms with Gasteiger partial charge in [-0.15, -0.1) is 0 Å². The van der Waals surface area contributed by atoms with E-state index in [1.165, 1.54) is 19.1 Å². The fourth-order valence-electron chi connectivity index (χ4n) is 1.90. The highest BCUT2D eigenvalue weighted by molar-refractivity contribution is 6.00. The highest BCUT2D eigenvalue weighted by atomic mass is 16.6. The highest BCUT2D eigenvalue weighted by Crippen LogP contribution is 2.16. The molecule has 118 valence electrons. The third-order valence-electron chi connectivity index (χ3n) is 3.03. The summed E-state index contributed by atoms with van der Waals surface area (Å²) in [4.78, 5) is 21.2. The molecular weight excluding hydrogens is 296 g/mol. The van der Waals surface area contributed by atoms with Crippen molar-refractivity contribution in [3.05, 3.63) is 64.2 Å². The Morgan fingerprint density at radius 3 is 2.39 bits per heavy atom. The van der Waals surface area contributed by atoms with Crippen LogP contribution < -0.4 is 10.7 Å². The average molecular weight is 312 g/mol. The lowest BCUT2D eigenvalue weighted by Crippen LogP contribution is -2.07. The topological polar surface area (TPSA) is 96.6 Å². The molecule has 0 heterocycles. The van der Waals surface area contributed by atoms with Crippen LogP contribution in [-0.4, -0.2) is 16.5 Å². The van der Waals surface area contributed by atoms with Gasteiger partial charge in [-0.05, 0) is 36.8 Å². The standard InChI is InChI=1S/C16H16N4O3/c1-11(13-4-3-5-15(10-13)17-12(2)21)18-19-14-6-8-16(9-7-14)20(22)23/h3-10,19H,1-2H3,(H,17,21)/b18-11-. The minimum Gasteiger partial charge on any atom is -0.326 e. The lowest BCUT2D eigenvalue weighted by atomic mass is 10.1. The molecule has 2 aromatic carbocycles. The third kappa shape index (κ3) is 4.63. The summed E-state index contributed by atoms with van der Waals surface area (Å²) in [5.74, 6) is -0.138. The summed E-state index contributed by atoms with van der Waals surface area (Å²) in [6.45, 7) is 3.27. The van der Waals surface area contributed by atoms with Crippen molar-refractivity contribution in [2.75, 3.05) is 10.7 Å². The smallest absolute Gasteiger partial charge is 0.269 e. The molecule has 0 fully saturated rings. The van der Waals surface area contributed by atoms with Crippen LogP contribution in [0.15, 0.2) is 53.6 Å². The van der Waals surface area contributed by atoms with Crippen LogP contribution >= 0.6 is 0 Å². The van der Waals surface area contributed by atoms with E-state index >= 15 is 0 Å². The Bertz CT molecular complexity index is 754. The molecule has 0 saturated heterocycles. The lowest BCUT2D eigenvalue weighted by Gasteiger charge is -2.06. The minimum absolute atomic E-state index is 0.0271. The van der Waals surface area contributed by atoms with E-state index in [1.54, 1.807) is 18.2 Å². The number of non-ortho nitro benzene ring substituents is 1. The molecule has 1 amide bonds. The van der Waals surface area contributed by atoms with Crippen molar-refractivity contribution in [3.63, 3.8) is 0 Å². The molecule has 0 aromatic heterocycles. The number of nitrogens with zero attached hydrogens (tertiary/aromatic N) is 2. The lowest BCUT2D eigenvalue weighted by molar-refractivity contribution is -0.384. The number of amides is 1. The summed E-state index contributed by atoms with van der Waals surface area (Å²) in [7, 11) is 0. The number of anilines is 2. The molecule has 0 bridgehead atoms. The van der Waals surface area contributed by atoms with Crippen LogP contribution in [0.25, 0.3) is 0 Å². The van der Waals surface area contributed by atoms with E-state index in [-0.39, 0.29) is 11.6 Å². The molecule has 0 aliphatic carbocycles. The Balaban J connectivity index is 2.10. The predicted octanol–water partition coefficient (Wildman–Crippen LogP) is 3.39. The second-order valence-electron chi connectivity index (χ2n) is 4.87. The summed E-state index contributed by atoms with van der Waals surface area (Å²) in [5.41, 5.74) is 5.79. The molecule has 0 saturated carbocycles. The first-order valence-corrected chi connectivity index (χ1v) is 6.88.